The van der Waals surface area contributed by atoms with Gasteiger partial charge in [0.05, 0.1) is 17.9 Å². The molecule has 0 spiro atoms. The quantitative estimate of drug-likeness (QED) is 0.812. The van der Waals surface area contributed by atoms with Crippen molar-refractivity contribution < 1.29 is 14.3 Å². The van der Waals surface area contributed by atoms with Gasteiger partial charge in [0.1, 0.15) is 5.75 Å². The first-order chi connectivity index (χ1) is 12.0. The molecule has 3 amide bonds. The molecule has 1 saturated heterocycles. The van der Waals surface area contributed by atoms with E-state index in [2.05, 4.69) is 15.5 Å². The van der Waals surface area contributed by atoms with Crippen LogP contribution < -0.4 is 10.1 Å². The van der Waals surface area contributed by atoms with Crippen LogP contribution in [0.15, 0.2) is 29.4 Å². The fraction of sp³-hybridized carbons (Fsp3) is 0.375. The monoisotopic (exact) mass is 361 g/mol. The molecular formula is C16H19N5O3S. The van der Waals surface area contributed by atoms with Crippen molar-refractivity contribution in [3.05, 3.63) is 24.3 Å². The lowest BCUT2D eigenvalue weighted by Gasteiger charge is -2.17. The summed E-state index contributed by atoms with van der Waals surface area (Å²) in [5.74, 6) is 1.12. The smallest absolute Gasteiger partial charge is 0.324 e. The zero-order valence-electron chi connectivity index (χ0n) is 14.2. The molecule has 1 aliphatic rings. The van der Waals surface area contributed by atoms with E-state index in [1.54, 1.807) is 14.0 Å². The maximum atomic E-state index is 12.4. The van der Waals surface area contributed by atoms with E-state index in [1.165, 1.54) is 16.7 Å². The molecule has 1 aromatic carbocycles. The summed E-state index contributed by atoms with van der Waals surface area (Å²) in [4.78, 5) is 25.3. The van der Waals surface area contributed by atoms with E-state index in [0.29, 0.717) is 29.8 Å². The Labute approximate surface area is 149 Å². The second-order valence-electron chi connectivity index (χ2n) is 5.55. The number of benzene rings is 1. The number of carbonyl (C=O) groups excluding carboxylic acids is 2. The van der Waals surface area contributed by atoms with Crippen LogP contribution >= 0.6 is 11.8 Å². The molecule has 132 valence electrons. The van der Waals surface area contributed by atoms with Gasteiger partial charge in [0.2, 0.25) is 5.91 Å². The normalized spacial score (nSPS) is 15.2. The van der Waals surface area contributed by atoms with Gasteiger partial charge in [0, 0.05) is 20.1 Å². The van der Waals surface area contributed by atoms with Crippen molar-refractivity contribution in [3.8, 4) is 17.1 Å². The van der Waals surface area contributed by atoms with Crippen LogP contribution in [-0.4, -0.2) is 57.1 Å². The Morgan fingerprint density at radius 2 is 2.12 bits per heavy atom. The fourth-order valence-corrected chi connectivity index (χ4v) is 3.47. The van der Waals surface area contributed by atoms with Gasteiger partial charge in [-0.05, 0) is 19.1 Å². The van der Waals surface area contributed by atoms with E-state index < -0.39 is 5.25 Å². The first-order valence-electron chi connectivity index (χ1n) is 7.81. The number of rotatable bonds is 5. The van der Waals surface area contributed by atoms with E-state index in [-0.39, 0.29) is 11.9 Å². The SMILES string of the molecule is COc1ccccc1-c1nnc(S[C@H](C)C(=O)N2CCNC2=O)n1C. The Morgan fingerprint density at radius 1 is 1.36 bits per heavy atom. The molecule has 2 heterocycles. The number of amides is 3. The molecule has 25 heavy (non-hydrogen) atoms. The highest BCUT2D eigenvalue weighted by Gasteiger charge is 2.31. The summed E-state index contributed by atoms with van der Waals surface area (Å²) in [6.07, 6.45) is 0. The number of aromatic nitrogens is 3. The zero-order valence-corrected chi connectivity index (χ0v) is 15.0. The highest BCUT2D eigenvalue weighted by atomic mass is 32.2. The highest BCUT2D eigenvalue weighted by molar-refractivity contribution is 8.00. The summed E-state index contributed by atoms with van der Waals surface area (Å²) in [5.41, 5.74) is 0.824. The largest absolute Gasteiger partial charge is 0.496 e. The molecule has 0 saturated carbocycles. The molecule has 1 N–H and O–H groups in total. The molecule has 8 nitrogen and oxygen atoms in total. The lowest BCUT2D eigenvalue weighted by molar-refractivity contribution is -0.126. The van der Waals surface area contributed by atoms with E-state index in [4.69, 9.17) is 4.74 Å². The standard InChI is InChI=1S/C16H19N5O3S/c1-10(14(22)21-9-8-17-15(21)23)25-16-19-18-13(20(16)2)11-6-4-5-7-12(11)24-3/h4-7,10H,8-9H2,1-3H3,(H,17,23)/t10-/m1/s1. The molecular weight excluding hydrogens is 342 g/mol. The molecule has 0 bridgehead atoms. The Balaban J connectivity index is 1.79. The topological polar surface area (TPSA) is 89.4 Å². The summed E-state index contributed by atoms with van der Waals surface area (Å²) in [6.45, 7) is 2.65. The Hall–Kier alpha value is -2.55. The molecule has 0 radical (unpaired) electrons. The molecule has 9 heteroatoms. The van der Waals surface area contributed by atoms with Crippen molar-refractivity contribution in [2.45, 2.75) is 17.3 Å². The van der Waals surface area contributed by atoms with Gasteiger partial charge in [-0.15, -0.1) is 10.2 Å². The number of imide groups is 1. The van der Waals surface area contributed by atoms with Crippen LogP contribution in [0.3, 0.4) is 0 Å². The highest BCUT2D eigenvalue weighted by Crippen LogP contribution is 2.31. The second-order valence-corrected chi connectivity index (χ2v) is 6.86. The number of hydrogen-bond acceptors (Lipinski definition) is 6. The summed E-state index contributed by atoms with van der Waals surface area (Å²) < 4.78 is 7.19. The van der Waals surface area contributed by atoms with Crippen molar-refractivity contribution >= 4 is 23.7 Å². The summed E-state index contributed by atoms with van der Waals surface area (Å²) in [7, 11) is 3.44. The number of nitrogens with one attached hydrogen (secondary N) is 1. The third-order valence-electron chi connectivity index (χ3n) is 3.94. The number of hydrogen-bond donors (Lipinski definition) is 1. The third kappa shape index (κ3) is 3.32. The molecule has 1 aliphatic heterocycles. The van der Waals surface area contributed by atoms with Crippen molar-refractivity contribution in [2.24, 2.45) is 7.05 Å². The minimum absolute atomic E-state index is 0.234. The zero-order chi connectivity index (χ0) is 18.0. The van der Waals surface area contributed by atoms with Crippen LogP contribution in [0.4, 0.5) is 4.79 Å². The van der Waals surface area contributed by atoms with Crippen LogP contribution in [0.1, 0.15) is 6.92 Å². The average molecular weight is 361 g/mol. The van der Waals surface area contributed by atoms with Gasteiger partial charge in [0.25, 0.3) is 0 Å². The van der Waals surface area contributed by atoms with Crippen LogP contribution in [-0.2, 0) is 11.8 Å². The van der Waals surface area contributed by atoms with E-state index in [1.807, 2.05) is 35.9 Å². The lowest BCUT2D eigenvalue weighted by Crippen LogP contribution is -2.39. The number of nitrogens with zero attached hydrogens (tertiary/aromatic N) is 4. The van der Waals surface area contributed by atoms with Gasteiger partial charge in [-0.3, -0.25) is 9.69 Å². The van der Waals surface area contributed by atoms with Crippen LogP contribution in [0, 0.1) is 0 Å². The molecule has 3 rings (SSSR count). The lowest BCUT2D eigenvalue weighted by atomic mass is 10.2. The van der Waals surface area contributed by atoms with E-state index >= 15 is 0 Å². The first-order valence-corrected chi connectivity index (χ1v) is 8.69. The summed E-state index contributed by atoms with van der Waals surface area (Å²) in [5, 5.41) is 11.2. The average Bonchev–Trinajstić information content (AvgIpc) is 3.20. The number of para-hydroxylation sites is 1. The van der Waals surface area contributed by atoms with Gasteiger partial charge in [-0.25, -0.2) is 4.79 Å². The minimum atomic E-state index is -0.447. The minimum Gasteiger partial charge on any atom is -0.496 e. The van der Waals surface area contributed by atoms with Crippen molar-refractivity contribution in [1.82, 2.24) is 25.0 Å². The summed E-state index contributed by atoms with van der Waals surface area (Å²) in [6, 6.07) is 7.20. The second kappa shape index (κ2) is 7.14. The molecule has 2 aromatic rings. The third-order valence-corrected chi connectivity index (χ3v) is 5.06. The molecule has 0 aliphatic carbocycles. The van der Waals surface area contributed by atoms with Crippen LogP contribution in [0.5, 0.6) is 5.75 Å². The number of urea groups is 1. The number of thioether (sulfide) groups is 1. The van der Waals surface area contributed by atoms with Gasteiger partial charge in [0.15, 0.2) is 11.0 Å². The maximum absolute atomic E-state index is 12.4. The number of carbonyl (C=O) groups is 2. The fourth-order valence-electron chi connectivity index (χ4n) is 2.59. The van der Waals surface area contributed by atoms with Crippen LogP contribution in [0.25, 0.3) is 11.4 Å². The van der Waals surface area contributed by atoms with Gasteiger partial charge in [-0.1, -0.05) is 23.9 Å². The van der Waals surface area contributed by atoms with Gasteiger partial charge >= 0.3 is 6.03 Å². The Kier molecular flexibility index (Phi) is 4.93. The summed E-state index contributed by atoms with van der Waals surface area (Å²) >= 11 is 1.27. The first kappa shape index (κ1) is 17.3. The molecule has 0 unspecified atom stereocenters. The number of methoxy groups -OCH3 is 1. The predicted molar refractivity (Wildman–Crippen MR) is 93.4 cm³/mol. The predicted octanol–water partition coefficient (Wildman–Crippen LogP) is 1.52. The van der Waals surface area contributed by atoms with E-state index in [0.717, 1.165) is 5.56 Å². The molecule has 1 fully saturated rings. The Morgan fingerprint density at radius 3 is 2.80 bits per heavy atom. The number of ether oxygens (including phenoxy) is 1. The van der Waals surface area contributed by atoms with Crippen molar-refractivity contribution in [3.63, 3.8) is 0 Å². The van der Waals surface area contributed by atoms with Crippen LogP contribution in [0.2, 0.25) is 0 Å². The van der Waals surface area contributed by atoms with Crippen molar-refractivity contribution in [2.75, 3.05) is 20.2 Å². The maximum Gasteiger partial charge on any atom is 0.324 e. The van der Waals surface area contributed by atoms with Gasteiger partial charge < -0.3 is 14.6 Å². The molecule has 1 atom stereocenters. The van der Waals surface area contributed by atoms with Gasteiger partial charge in [-0.2, -0.15) is 0 Å². The van der Waals surface area contributed by atoms with Crippen molar-refractivity contribution in [1.29, 1.82) is 0 Å². The molecule has 1 aromatic heterocycles. The Bertz CT molecular complexity index is 807. The van der Waals surface area contributed by atoms with E-state index in [9.17, 15) is 9.59 Å².